The predicted octanol–water partition coefficient (Wildman–Crippen LogP) is 5.69. The summed E-state index contributed by atoms with van der Waals surface area (Å²) in [5, 5.41) is 10.8. The van der Waals surface area contributed by atoms with Gasteiger partial charge in [0.25, 0.3) is 0 Å². The van der Waals surface area contributed by atoms with Gasteiger partial charge in [0.2, 0.25) is 0 Å². The Labute approximate surface area is 175 Å². The summed E-state index contributed by atoms with van der Waals surface area (Å²) in [6.45, 7) is 5.06. The summed E-state index contributed by atoms with van der Waals surface area (Å²) < 4.78 is 1.27. The molecule has 2 nitrogen and oxygen atoms in total. The molecular weight excluding hydrogens is 352 g/mol. The van der Waals surface area contributed by atoms with Crippen molar-refractivity contribution < 1.29 is 4.48 Å². The normalized spacial score (nSPS) is 29.6. The first kappa shape index (κ1) is 18.9. The molecule has 0 radical (unpaired) electrons. The van der Waals surface area contributed by atoms with Gasteiger partial charge < -0.3 is 4.48 Å². The average Bonchev–Trinajstić information content (AvgIpc) is 3.34. The number of quaternary nitrogens is 1. The molecule has 29 heavy (non-hydrogen) atoms. The largest absolute Gasteiger partial charge is 0.323 e. The first-order chi connectivity index (χ1) is 14.2. The molecule has 2 aliphatic heterocycles. The van der Waals surface area contributed by atoms with E-state index in [1.54, 1.807) is 0 Å². The molecule has 2 saturated heterocycles. The van der Waals surface area contributed by atoms with Crippen LogP contribution in [0.3, 0.4) is 0 Å². The number of fused-ring (bicyclic) bond motifs is 2. The fourth-order valence-corrected chi connectivity index (χ4v) is 7.16. The minimum Gasteiger partial charge on any atom is -0.323 e. The summed E-state index contributed by atoms with van der Waals surface area (Å²) in [4.78, 5) is 0. The second-order valence-corrected chi connectivity index (χ2v) is 10.0. The van der Waals surface area contributed by atoms with E-state index >= 15 is 0 Å². The monoisotopic (exact) mass is 385 g/mol. The molecule has 1 saturated carbocycles. The summed E-state index contributed by atoms with van der Waals surface area (Å²) in [5.74, 6) is 0.905. The highest BCUT2D eigenvalue weighted by Crippen LogP contribution is 2.59. The van der Waals surface area contributed by atoms with Crippen LogP contribution in [0.25, 0.3) is 0 Å². The molecule has 2 heteroatoms. The second kappa shape index (κ2) is 7.29. The van der Waals surface area contributed by atoms with Gasteiger partial charge in [-0.25, -0.2) is 0 Å². The highest BCUT2D eigenvalue weighted by atomic mass is 15.4. The lowest BCUT2D eigenvalue weighted by Gasteiger charge is -2.41. The Morgan fingerprint density at radius 2 is 1.41 bits per heavy atom. The summed E-state index contributed by atoms with van der Waals surface area (Å²) in [5.41, 5.74) is 1.89. The Hall–Kier alpha value is -2.11. The molecule has 0 N–H and O–H groups in total. The van der Waals surface area contributed by atoms with Crippen molar-refractivity contribution in [2.45, 2.75) is 50.4 Å². The number of rotatable bonds is 5. The molecule has 0 atom stereocenters. The molecule has 2 bridgehead atoms. The quantitative estimate of drug-likeness (QED) is 0.607. The lowest BCUT2D eigenvalue weighted by atomic mass is 9.56. The average molecular weight is 386 g/mol. The molecule has 0 spiro atoms. The Kier molecular flexibility index (Phi) is 4.75. The molecule has 3 aliphatic rings. The molecule has 2 aromatic rings. The van der Waals surface area contributed by atoms with Crippen LogP contribution in [0.1, 0.15) is 56.1 Å². The van der Waals surface area contributed by atoms with Crippen LogP contribution >= 0.6 is 0 Å². The number of hydrogen-bond acceptors (Lipinski definition) is 1. The summed E-state index contributed by atoms with van der Waals surface area (Å²) in [7, 11) is 0. The van der Waals surface area contributed by atoms with Crippen molar-refractivity contribution in [3.63, 3.8) is 0 Å². The van der Waals surface area contributed by atoms with Gasteiger partial charge in [-0.3, -0.25) is 0 Å². The van der Waals surface area contributed by atoms with Gasteiger partial charge >= 0.3 is 0 Å². The van der Waals surface area contributed by atoms with Crippen molar-refractivity contribution in [3.05, 3.63) is 71.8 Å². The molecule has 1 aliphatic carbocycles. The van der Waals surface area contributed by atoms with E-state index < -0.39 is 5.41 Å². The van der Waals surface area contributed by atoms with Crippen LogP contribution in [0.4, 0.5) is 0 Å². The number of benzene rings is 2. The maximum Gasteiger partial charge on any atom is 0.118 e. The van der Waals surface area contributed by atoms with E-state index in [0.29, 0.717) is 0 Å². The number of nitrogens with zero attached hydrogens (tertiary/aromatic N) is 2. The molecule has 150 valence electrons. The smallest absolute Gasteiger partial charge is 0.118 e. The number of hydrogen-bond donors (Lipinski definition) is 0. The van der Waals surface area contributed by atoms with Crippen molar-refractivity contribution in [1.82, 2.24) is 0 Å². The van der Waals surface area contributed by atoms with E-state index in [0.717, 1.165) is 5.92 Å². The third-order valence-corrected chi connectivity index (χ3v) is 8.51. The topological polar surface area (TPSA) is 23.8 Å². The van der Waals surface area contributed by atoms with Gasteiger partial charge in [0.1, 0.15) is 5.41 Å². The first-order valence-corrected chi connectivity index (χ1v) is 11.6. The summed E-state index contributed by atoms with van der Waals surface area (Å²) >= 11 is 0. The molecule has 5 rings (SSSR count). The third kappa shape index (κ3) is 2.94. The van der Waals surface area contributed by atoms with Crippen LogP contribution < -0.4 is 0 Å². The van der Waals surface area contributed by atoms with Crippen molar-refractivity contribution in [2.24, 2.45) is 11.3 Å². The Balaban J connectivity index is 1.55. The number of piperidine rings is 1. The molecule has 2 aromatic carbocycles. The molecule has 0 unspecified atom stereocenters. The van der Waals surface area contributed by atoms with Crippen LogP contribution in [0.5, 0.6) is 0 Å². The fraction of sp³-hybridized carbons (Fsp3) is 0.519. The zero-order valence-electron chi connectivity index (χ0n) is 17.5. The van der Waals surface area contributed by atoms with Crippen LogP contribution in [-0.2, 0) is 5.41 Å². The zero-order valence-corrected chi connectivity index (χ0v) is 17.5. The van der Waals surface area contributed by atoms with E-state index in [2.05, 4.69) is 66.7 Å². The van der Waals surface area contributed by atoms with Gasteiger partial charge in [-0.15, -0.1) is 0 Å². The lowest BCUT2D eigenvalue weighted by molar-refractivity contribution is -0.913. The molecule has 0 aromatic heterocycles. The minimum absolute atomic E-state index is 0.0547. The van der Waals surface area contributed by atoms with E-state index in [1.165, 1.54) is 86.7 Å². The lowest BCUT2D eigenvalue weighted by Crippen LogP contribution is -2.47. The van der Waals surface area contributed by atoms with Gasteiger partial charge in [0, 0.05) is 18.8 Å². The SMILES string of the molecule is N#CC(c1ccccc1)(c1ccccc1)C12CC[N+](CC3CCCCC3)(CC1)C2. The van der Waals surface area contributed by atoms with Gasteiger partial charge in [0.05, 0.1) is 37.7 Å². The maximum atomic E-state index is 10.8. The highest BCUT2D eigenvalue weighted by molar-refractivity contribution is 5.49. The molecule has 3 fully saturated rings. The standard InChI is InChI=1S/C27H33N2/c28-21-27(24-12-6-2-7-13-24,25-14-8-3-9-15-25)26-16-18-29(22-26,19-17-26)20-23-10-4-1-5-11-23/h2-3,6-9,12-15,23H,1,4-5,10-11,16-20,22H2/q+1. The summed E-state index contributed by atoms with van der Waals surface area (Å²) in [6.07, 6.45) is 9.48. The Morgan fingerprint density at radius 1 is 0.862 bits per heavy atom. The van der Waals surface area contributed by atoms with Gasteiger partial charge in [-0.1, -0.05) is 79.9 Å². The second-order valence-electron chi connectivity index (χ2n) is 10.0. The molecule has 2 heterocycles. The predicted molar refractivity (Wildman–Crippen MR) is 117 cm³/mol. The van der Waals surface area contributed by atoms with Crippen LogP contribution in [0, 0.1) is 22.7 Å². The van der Waals surface area contributed by atoms with Crippen molar-refractivity contribution >= 4 is 0 Å². The third-order valence-electron chi connectivity index (χ3n) is 8.51. The zero-order chi connectivity index (χ0) is 19.8. The molecular formula is C27H33N2+. The van der Waals surface area contributed by atoms with Gasteiger partial charge in [-0.05, 0) is 24.0 Å². The van der Waals surface area contributed by atoms with Crippen LogP contribution in [-0.4, -0.2) is 30.7 Å². The van der Waals surface area contributed by atoms with Crippen LogP contribution in [0.15, 0.2) is 60.7 Å². The Morgan fingerprint density at radius 3 is 1.93 bits per heavy atom. The van der Waals surface area contributed by atoms with Crippen LogP contribution in [0.2, 0.25) is 0 Å². The van der Waals surface area contributed by atoms with E-state index in [1.807, 2.05) is 0 Å². The van der Waals surface area contributed by atoms with E-state index in [9.17, 15) is 5.26 Å². The van der Waals surface area contributed by atoms with Crippen molar-refractivity contribution in [3.8, 4) is 6.07 Å². The van der Waals surface area contributed by atoms with Gasteiger partial charge in [-0.2, -0.15) is 5.26 Å². The van der Waals surface area contributed by atoms with Gasteiger partial charge in [0.15, 0.2) is 0 Å². The van der Waals surface area contributed by atoms with Crippen molar-refractivity contribution in [1.29, 1.82) is 5.26 Å². The first-order valence-electron chi connectivity index (χ1n) is 11.6. The van der Waals surface area contributed by atoms with E-state index in [-0.39, 0.29) is 5.41 Å². The Bertz CT molecular complexity index is 826. The van der Waals surface area contributed by atoms with E-state index in [4.69, 9.17) is 0 Å². The number of nitriles is 1. The maximum absolute atomic E-state index is 10.8. The summed E-state index contributed by atoms with van der Waals surface area (Å²) in [6, 6.07) is 24.3. The highest BCUT2D eigenvalue weighted by Gasteiger charge is 2.66. The molecule has 0 amide bonds. The minimum atomic E-state index is -0.543. The van der Waals surface area contributed by atoms with Crippen molar-refractivity contribution in [2.75, 3.05) is 26.2 Å². The fourth-order valence-electron chi connectivity index (χ4n) is 7.16.